The van der Waals surface area contributed by atoms with Crippen molar-refractivity contribution in [2.45, 2.75) is 30.3 Å². The van der Waals surface area contributed by atoms with Crippen LogP contribution in [-0.4, -0.2) is 32.4 Å². The summed E-state index contributed by atoms with van der Waals surface area (Å²) in [6, 6.07) is 5.71. The van der Waals surface area contributed by atoms with Gasteiger partial charge in [0.1, 0.15) is 4.90 Å². The van der Waals surface area contributed by atoms with E-state index in [4.69, 9.17) is 11.6 Å². The number of hydrogen-bond acceptors (Lipinski definition) is 3. The summed E-state index contributed by atoms with van der Waals surface area (Å²) in [6.45, 7) is 4.47. The van der Waals surface area contributed by atoms with Gasteiger partial charge in [-0.25, -0.2) is 8.42 Å². The van der Waals surface area contributed by atoms with E-state index >= 15 is 0 Å². The lowest BCUT2D eigenvalue weighted by atomic mass is 10.2. The van der Waals surface area contributed by atoms with Crippen molar-refractivity contribution < 1.29 is 8.42 Å². The van der Waals surface area contributed by atoms with Crippen molar-refractivity contribution in [2.24, 2.45) is 0 Å². The third kappa shape index (κ3) is 3.61. The molecule has 1 aliphatic carbocycles. The minimum Gasteiger partial charge on any atom is -0.310 e. The molecule has 0 amide bonds. The van der Waals surface area contributed by atoms with Gasteiger partial charge in [-0.1, -0.05) is 23.7 Å². The second-order valence-corrected chi connectivity index (χ2v) is 7.41. The summed E-state index contributed by atoms with van der Waals surface area (Å²) >= 11 is 6.05. The molecule has 2 rings (SSSR count). The van der Waals surface area contributed by atoms with Gasteiger partial charge in [-0.2, -0.15) is 4.31 Å². The Hall–Kier alpha value is -0.880. The summed E-state index contributed by atoms with van der Waals surface area (Å²) in [6.07, 6.45) is 3.94. The maximum Gasteiger partial charge on any atom is 0.244 e. The van der Waals surface area contributed by atoms with Crippen molar-refractivity contribution in [1.82, 2.24) is 9.62 Å². The van der Waals surface area contributed by atoms with Gasteiger partial charge in [0.25, 0.3) is 0 Å². The van der Waals surface area contributed by atoms with Gasteiger partial charge in [-0.3, -0.25) is 0 Å². The molecule has 0 saturated heterocycles. The predicted molar refractivity (Wildman–Crippen MR) is 81.3 cm³/mol. The quantitative estimate of drug-likeness (QED) is 0.786. The van der Waals surface area contributed by atoms with Crippen LogP contribution in [0.2, 0.25) is 5.02 Å². The zero-order chi connectivity index (χ0) is 14.8. The van der Waals surface area contributed by atoms with Crippen LogP contribution in [0, 0.1) is 0 Å². The normalized spacial score (nSPS) is 15.6. The van der Waals surface area contributed by atoms with E-state index in [1.54, 1.807) is 18.2 Å². The lowest BCUT2D eigenvalue weighted by molar-refractivity contribution is 0.499. The van der Waals surface area contributed by atoms with Crippen molar-refractivity contribution in [1.29, 1.82) is 0 Å². The Balaban J connectivity index is 2.24. The lowest BCUT2D eigenvalue weighted by Gasteiger charge is -2.17. The Morgan fingerprint density at radius 1 is 1.50 bits per heavy atom. The number of nitrogens with zero attached hydrogens (tertiary/aromatic N) is 1. The van der Waals surface area contributed by atoms with Gasteiger partial charge < -0.3 is 5.32 Å². The van der Waals surface area contributed by atoms with Crippen LogP contribution in [0.1, 0.15) is 18.4 Å². The van der Waals surface area contributed by atoms with Gasteiger partial charge in [0, 0.05) is 26.2 Å². The highest BCUT2D eigenvalue weighted by molar-refractivity contribution is 7.89. The molecule has 1 aliphatic rings. The Bertz CT molecular complexity index is 597. The zero-order valence-electron chi connectivity index (χ0n) is 11.5. The molecular weight excluding hydrogens is 296 g/mol. The molecule has 1 N–H and O–H groups in total. The van der Waals surface area contributed by atoms with E-state index in [9.17, 15) is 8.42 Å². The van der Waals surface area contributed by atoms with Gasteiger partial charge in [0.15, 0.2) is 0 Å². The van der Waals surface area contributed by atoms with E-state index in [-0.39, 0.29) is 16.5 Å². The fraction of sp³-hybridized carbons (Fsp3) is 0.429. The second-order valence-electron chi connectivity index (χ2n) is 4.99. The summed E-state index contributed by atoms with van der Waals surface area (Å²) in [7, 11) is -2.06. The van der Waals surface area contributed by atoms with E-state index < -0.39 is 10.0 Å². The average Bonchev–Trinajstić information content (AvgIpc) is 3.22. The van der Waals surface area contributed by atoms with Crippen LogP contribution in [0.25, 0.3) is 0 Å². The topological polar surface area (TPSA) is 49.4 Å². The Morgan fingerprint density at radius 2 is 2.20 bits per heavy atom. The number of nitrogens with one attached hydrogen (secondary N) is 1. The largest absolute Gasteiger partial charge is 0.310 e. The Labute approximate surface area is 125 Å². The number of likely N-dealkylation sites (N-methyl/N-ethyl adjacent to an activating group) is 1. The number of sulfonamides is 1. The summed E-state index contributed by atoms with van der Waals surface area (Å²) in [5, 5.41) is 3.60. The molecule has 4 nitrogen and oxygen atoms in total. The fourth-order valence-electron chi connectivity index (χ4n) is 1.85. The van der Waals surface area contributed by atoms with Gasteiger partial charge in [0.2, 0.25) is 10.0 Å². The predicted octanol–water partition coefficient (Wildman–Crippen LogP) is 2.40. The molecule has 0 heterocycles. The van der Waals surface area contributed by atoms with E-state index in [2.05, 4.69) is 11.9 Å². The number of halogens is 1. The highest BCUT2D eigenvalue weighted by Crippen LogP contribution is 2.26. The Kier molecular flexibility index (Phi) is 4.86. The molecule has 0 spiro atoms. The first kappa shape index (κ1) is 15.5. The zero-order valence-corrected chi connectivity index (χ0v) is 13.0. The van der Waals surface area contributed by atoms with Crippen molar-refractivity contribution in [3.63, 3.8) is 0 Å². The van der Waals surface area contributed by atoms with Crippen LogP contribution in [0.15, 0.2) is 35.7 Å². The van der Waals surface area contributed by atoms with Crippen molar-refractivity contribution >= 4 is 21.6 Å². The van der Waals surface area contributed by atoms with Crippen LogP contribution in [0.3, 0.4) is 0 Å². The first-order chi connectivity index (χ1) is 9.45. The van der Waals surface area contributed by atoms with Crippen LogP contribution >= 0.6 is 11.6 Å². The molecule has 1 aromatic rings. The van der Waals surface area contributed by atoms with Gasteiger partial charge >= 0.3 is 0 Å². The molecule has 1 fully saturated rings. The van der Waals surface area contributed by atoms with E-state index in [0.29, 0.717) is 12.6 Å². The maximum absolute atomic E-state index is 12.4. The molecule has 110 valence electrons. The molecule has 0 radical (unpaired) electrons. The molecule has 1 saturated carbocycles. The minimum atomic E-state index is -3.57. The highest BCUT2D eigenvalue weighted by atomic mass is 35.5. The van der Waals surface area contributed by atoms with Crippen LogP contribution in [-0.2, 0) is 16.6 Å². The molecule has 0 atom stereocenters. The molecule has 0 unspecified atom stereocenters. The van der Waals surface area contributed by atoms with Crippen molar-refractivity contribution in [3.8, 4) is 0 Å². The highest BCUT2D eigenvalue weighted by Gasteiger charge is 2.24. The van der Waals surface area contributed by atoms with E-state index in [0.717, 1.165) is 5.56 Å². The SMILES string of the molecule is C=CCN(C)S(=O)(=O)c1cc(CNC2CC2)ccc1Cl. The molecule has 6 heteroatoms. The third-order valence-corrected chi connectivity index (χ3v) is 5.55. The van der Waals surface area contributed by atoms with E-state index in [1.165, 1.54) is 24.2 Å². The fourth-order valence-corrected chi connectivity index (χ4v) is 3.52. The lowest BCUT2D eigenvalue weighted by Crippen LogP contribution is -2.27. The van der Waals surface area contributed by atoms with Crippen molar-refractivity contribution in [3.05, 3.63) is 41.4 Å². The van der Waals surface area contributed by atoms with E-state index in [1.807, 2.05) is 6.07 Å². The maximum atomic E-state index is 12.4. The molecule has 0 bridgehead atoms. The third-order valence-electron chi connectivity index (χ3n) is 3.24. The molecule has 0 aliphatic heterocycles. The molecule has 0 aromatic heterocycles. The standard InChI is InChI=1S/C14H19ClN2O2S/c1-3-8-17(2)20(18,19)14-9-11(4-7-13(14)15)10-16-12-5-6-12/h3-4,7,9,12,16H,1,5-6,8,10H2,2H3. The first-order valence-electron chi connectivity index (χ1n) is 6.54. The van der Waals surface area contributed by atoms with Gasteiger partial charge in [0.05, 0.1) is 5.02 Å². The number of benzene rings is 1. The summed E-state index contributed by atoms with van der Waals surface area (Å²) in [4.78, 5) is 0.151. The number of hydrogen-bond donors (Lipinski definition) is 1. The minimum absolute atomic E-state index is 0.151. The first-order valence-corrected chi connectivity index (χ1v) is 8.36. The molecule has 1 aromatic carbocycles. The molecular formula is C14H19ClN2O2S. The van der Waals surface area contributed by atoms with Crippen molar-refractivity contribution in [2.75, 3.05) is 13.6 Å². The van der Waals surface area contributed by atoms with Crippen LogP contribution in [0.4, 0.5) is 0 Å². The monoisotopic (exact) mass is 314 g/mol. The number of rotatable bonds is 7. The van der Waals surface area contributed by atoms with Crippen LogP contribution in [0.5, 0.6) is 0 Å². The van der Waals surface area contributed by atoms with Gasteiger partial charge in [-0.15, -0.1) is 6.58 Å². The van der Waals surface area contributed by atoms with Crippen LogP contribution < -0.4 is 5.32 Å². The second kappa shape index (κ2) is 6.26. The summed E-state index contributed by atoms with van der Waals surface area (Å²) in [5.41, 5.74) is 0.923. The summed E-state index contributed by atoms with van der Waals surface area (Å²) < 4.78 is 26.1. The molecule has 20 heavy (non-hydrogen) atoms. The smallest absolute Gasteiger partial charge is 0.244 e. The Morgan fingerprint density at radius 3 is 2.80 bits per heavy atom. The van der Waals surface area contributed by atoms with Gasteiger partial charge in [-0.05, 0) is 30.5 Å². The summed E-state index contributed by atoms with van der Waals surface area (Å²) in [5.74, 6) is 0. The average molecular weight is 315 g/mol.